The van der Waals surface area contributed by atoms with Gasteiger partial charge < -0.3 is 14.4 Å². The van der Waals surface area contributed by atoms with Crippen molar-refractivity contribution < 1.29 is 27.9 Å². The van der Waals surface area contributed by atoms with Crippen molar-refractivity contribution in [3.05, 3.63) is 47.6 Å². The summed E-state index contributed by atoms with van der Waals surface area (Å²) in [5.74, 6) is -3.60. The number of carboxylic acid groups (broad SMARTS) is 1. The highest BCUT2D eigenvalue weighted by Gasteiger charge is 2.13. The maximum Gasteiger partial charge on any atom is 0.328 e. The number of rotatable bonds is 5. The third-order valence-electron chi connectivity index (χ3n) is 2.19. The molecule has 6 nitrogen and oxygen atoms in total. The van der Waals surface area contributed by atoms with E-state index in [2.05, 4.69) is 14.7 Å². The van der Waals surface area contributed by atoms with Gasteiger partial charge in [0.25, 0.3) is 0 Å². The van der Waals surface area contributed by atoms with Crippen LogP contribution in [0, 0.1) is 11.6 Å². The van der Waals surface area contributed by atoms with E-state index in [9.17, 15) is 13.6 Å². The minimum atomic E-state index is -1.22. The predicted molar refractivity (Wildman–Crippen MR) is 61.7 cm³/mol. The first-order valence-corrected chi connectivity index (χ1v) is 5.34. The lowest BCUT2D eigenvalue weighted by Gasteiger charge is -2.07. The maximum atomic E-state index is 13.7. The van der Waals surface area contributed by atoms with E-state index in [-0.39, 0.29) is 18.0 Å². The lowest BCUT2D eigenvalue weighted by Crippen LogP contribution is -2.02. The van der Waals surface area contributed by atoms with Crippen LogP contribution < -0.4 is 4.74 Å². The van der Waals surface area contributed by atoms with Gasteiger partial charge >= 0.3 is 5.97 Å². The van der Waals surface area contributed by atoms with E-state index in [4.69, 9.17) is 9.84 Å². The molecule has 0 amide bonds. The number of ether oxygens (including phenoxy) is 1. The molecule has 0 saturated carbocycles. The molecule has 8 heteroatoms. The second-order valence-corrected chi connectivity index (χ2v) is 3.62. The highest BCUT2D eigenvalue weighted by molar-refractivity contribution is 5.85. The third-order valence-corrected chi connectivity index (χ3v) is 2.19. The second kappa shape index (κ2) is 5.91. The molecule has 0 atom stereocenters. The van der Waals surface area contributed by atoms with Gasteiger partial charge in [0, 0.05) is 6.08 Å². The molecule has 0 spiro atoms. The van der Waals surface area contributed by atoms with Gasteiger partial charge in [0.2, 0.25) is 12.2 Å². The highest BCUT2D eigenvalue weighted by Crippen LogP contribution is 2.24. The fraction of sp³-hybridized carbons (Fsp3) is 0.0833. The van der Waals surface area contributed by atoms with E-state index < -0.39 is 23.4 Å². The summed E-state index contributed by atoms with van der Waals surface area (Å²) in [4.78, 5) is 14.0. The van der Waals surface area contributed by atoms with Gasteiger partial charge in [0.1, 0.15) is 0 Å². The molecule has 0 aliphatic heterocycles. The van der Waals surface area contributed by atoms with E-state index in [0.29, 0.717) is 0 Å². The zero-order valence-corrected chi connectivity index (χ0v) is 9.92. The zero-order valence-electron chi connectivity index (χ0n) is 9.92. The first-order chi connectivity index (χ1) is 9.56. The molecule has 104 valence electrons. The van der Waals surface area contributed by atoms with Gasteiger partial charge in [-0.15, -0.1) is 0 Å². The van der Waals surface area contributed by atoms with Crippen molar-refractivity contribution in [1.82, 2.24) is 10.1 Å². The highest BCUT2D eigenvalue weighted by atomic mass is 19.1. The first-order valence-electron chi connectivity index (χ1n) is 5.34. The van der Waals surface area contributed by atoms with Gasteiger partial charge in [-0.1, -0.05) is 5.16 Å². The van der Waals surface area contributed by atoms with Crippen LogP contribution in [0.1, 0.15) is 11.4 Å². The Kier molecular flexibility index (Phi) is 4.04. The fourth-order valence-electron chi connectivity index (χ4n) is 1.37. The summed E-state index contributed by atoms with van der Waals surface area (Å²) in [6.45, 7) is -0.255. The summed E-state index contributed by atoms with van der Waals surface area (Å²) in [6.07, 6.45) is 2.90. The lowest BCUT2D eigenvalue weighted by molar-refractivity contribution is -0.131. The average molecular weight is 282 g/mol. The third kappa shape index (κ3) is 3.37. The van der Waals surface area contributed by atoms with Gasteiger partial charge in [-0.3, -0.25) is 0 Å². The largest absolute Gasteiger partial charge is 0.479 e. The summed E-state index contributed by atoms with van der Waals surface area (Å²) in [5, 5.41) is 11.9. The molecule has 0 unspecified atom stereocenters. The Balaban J connectivity index is 2.16. The summed E-state index contributed by atoms with van der Waals surface area (Å²) >= 11 is 0. The molecule has 0 bridgehead atoms. The van der Waals surface area contributed by atoms with Gasteiger partial charge in [-0.2, -0.15) is 4.98 Å². The van der Waals surface area contributed by atoms with Crippen molar-refractivity contribution in [3.63, 3.8) is 0 Å². The Labute approximate surface area is 111 Å². The van der Waals surface area contributed by atoms with Crippen molar-refractivity contribution in [2.24, 2.45) is 0 Å². The quantitative estimate of drug-likeness (QED) is 0.844. The van der Waals surface area contributed by atoms with Crippen LogP contribution in [0.3, 0.4) is 0 Å². The molecule has 2 rings (SSSR count). The standard InChI is InChI=1S/C12H8F2N2O4/c13-8-3-7(1-2-11(17)18)4-9(14)12(8)19-5-10-15-6-20-16-10/h1-4,6H,5H2,(H,17,18). The summed E-state index contributed by atoms with van der Waals surface area (Å²) < 4.78 is 36.7. The number of carboxylic acids is 1. The van der Waals surface area contributed by atoms with E-state index in [1.54, 1.807) is 0 Å². The van der Waals surface area contributed by atoms with Crippen LogP contribution in [-0.4, -0.2) is 21.2 Å². The van der Waals surface area contributed by atoms with Crippen molar-refractivity contribution in [3.8, 4) is 5.75 Å². The van der Waals surface area contributed by atoms with Gasteiger partial charge in [-0.25, -0.2) is 13.6 Å². The topological polar surface area (TPSA) is 85.5 Å². The van der Waals surface area contributed by atoms with Crippen molar-refractivity contribution in [1.29, 1.82) is 0 Å². The van der Waals surface area contributed by atoms with Crippen molar-refractivity contribution in [2.45, 2.75) is 6.61 Å². The van der Waals surface area contributed by atoms with Crippen molar-refractivity contribution in [2.75, 3.05) is 0 Å². The minimum Gasteiger partial charge on any atom is -0.479 e. The molecule has 2 aromatic rings. The number of hydrogen-bond donors (Lipinski definition) is 1. The van der Waals surface area contributed by atoms with Crippen LogP contribution in [0.5, 0.6) is 5.75 Å². The number of hydrogen-bond acceptors (Lipinski definition) is 5. The number of aliphatic carboxylic acids is 1. The van der Waals surface area contributed by atoms with E-state index in [0.717, 1.165) is 30.7 Å². The van der Waals surface area contributed by atoms with Gasteiger partial charge in [0.15, 0.2) is 24.0 Å². The van der Waals surface area contributed by atoms with Crippen molar-refractivity contribution >= 4 is 12.0 Å². The van der Waals surface area contributed by atoms with Crippen LogP contribution in [0.25, 0.3) is 6.08 Å². The second-order valence-electron chi connectivity index (χ2n) is 3.62. The number of carbonyl (C=O) groups is 1. The van der Waals surface area contributed by atoms with E-state index in [1.807, 2.05) is 0 Å². The molecule has 1 aromatic carbocycles. The molecule has 1 N–H and O–H groups in total. The monoisotopic (exact) mass is 282 g/mol. The normalized spacial score (nSPS) is 10.9. The minimum absolute atomic E-state index is 0.0642. The Hall–Kier alpha value is -2.77. The molecule has 0 fully saturated rings. The molecular weight excluding hydrogens is 274 g/mol. The lowest BCUT2D eigenvalue weighted by atomic mass is 10.2. The number of benzene rings is 1. The molecule has 20 heavy (non-hydrogen) atoms. The van der Waals surface area contributed by atoms with Gasteiger partial charge in [0.05, 0.1) is 0 Å². The number of nitrogens with zero attached hydrogens (tertiary/aromatic N) is 2. The number of halogens is 2. The molecule has 0 aliphatic carbocycles. The summed E-state index contributed by atoms with van der Waals surface area (Å²) in [6, 6.07) is 1.90. The van der Waals surface area contributed by atoms with E-state index >= 15 is 0 Å². The molecule has 0 radical (unpaired) electrons. The SMILES string of the molecule is O=C(O)C=Cc1cc(F)c(OCc2ncon2)c(F)c1. The fourth-order valence-corrected chi connectivity index (χ4v) is 1.37. The molecule has 0 saturated heterocycles. The molecular formula is C12H8F2N2O4. The van der Waals surface area contributed by atoms with Crippen LogP contribution in [0.2, 0.25) is 0 Å². The Morgan fingerprint density at radius 3 is 2.65 bits per heavy atom. The Bertz CT molecular complexity index is 618. The molecule has 0 aliphatic rings. The van der Waals surface area contributed by atoms with Crippen LogP contribution >= 0.6 is 0 Å². The Morgan fingerprint density at radius 1 is 1.40 bits per heavy atom. The smallest absolute Gasteiger partial charge is 0.328 e. The maximum absolute atomic E-state index is 13.7. The molecule has 1 aromatic heterocycles. The average Bonchev–Trinajstić information content (AvgIpc) is 2.88. The van der Waals surface area contributed by atoms with E-state index in [1.165, 1.54) is 0 Å². The van der Waals surface area contributed by atoms with Crippen LogP contribution in [0.4, 0.5) is 8.78 Å². The Morgan fingerprint density at radius 2 is 2.10 bits per heavy atom. The van der Waals surface area contributed by atoms with Crippen LogP contribution in [-0.2, 0) is 11.4 Å². The van der Waals surface area contributed by atoms with Crippen LogP contribution in [0.15, 0.2) is 29.1 Å². The van der Waals surface area contributed by atoms with Gasteiger partial charge in [-0.05, 0) is 23.8 Å². The molecule has 1 heterocycles. The zero-order chi connectivity index (χ0) is 14.5. The predicted octanol–water partition coefficient (Wildman–Crippen LogP) is 2.02. The first kappa shape index (κ1) is 13.7. The number of aromatic nitrogens is 2. The summed E-state index contributed by atoms with van der Waals surface area (Å²) in [7, 11) is 0. The summed E-state index contributed by atoms with van der Waals surface area (Å²) in [5.41, 5.74) is 0.0642.